The summed E-state index contributed by atoms with van der Waals surface area (Å²) in [6, 6.07) is 10.5. The molecule has 0 spiro atoms. The first-order valence-electron chi connectivity index (χ1n) is 8.14. The van der Waals surface area contributed by atoms with Crippen LogP contribution in [0.15, 0.2) is 42.5 Å². The standard InChI is InChI=1S/C18H17ClN2O5/c19-16-10-13(21(23)24)5-8-17(16)26-14-6-3-12(4-7-14)18(22)20-11-15-2-1-9-25-15/h3-8,10,15H,1-2,9,11H2,(H,20,22)/t15-/m0/s1. The van der Waals surface area contributed by atoms with E-state index in [9.17, 15) is 14.9 Å². The van der Waals surface area contributed by atoms with Crippen molar-refractivity contribution in [1.29, 1.82) is 0 Å². The molecule has 1 N–H and O–H groups in total. The Hall–Kier alpha value is -2.64. The van der Waals surface area contributed by atoms with Crippen LogP contribution in [0.2, 0.25) is 5.02 Å². The van der Waals surface area contributed by atoms with Gasteiger partial charge >= 0.3 is 0 Å². The van der Waals surface area contributed by atoms with Gasteiger partial charge in [-0.3, -0.25) is 14.9 Å². The number of non-ortho nitro benzene ring substituents is 1. The molecule has 1 amide bonds. The van der Waals surface area contributed by atoms with E-state index in [0.717, 1.165) is 19.4 Å². The summed E-state index contributed by atoms with van der Waals surface area (Å²) in [6.45, 7) is 1.24. The number of ether oxygens (including phenoxy) is 2. The maximum Gasteiger partial charge on any atom is 0.271 e. The third-order valence-corrected chi connectivity index (χ3v) is 4.28. The van der Waals surface area contributed by atoms with Crippen molar-refractivity contribution < 1.29 is 19.2 Å². The zero-order valence-corrected chi connectivity index (χ0v) is 14.6. The molecular weight excluding hydrogens is 360 g/mol. The lowest BCUT2D eigenvalue weighted by atomic mass is 10.2. The first-order chi connectivity index (χ1) is 12.5. The molecule has 0 bridgehead atoms. The number of nitrogens with one attached hydrogen (secondary N) is 1. The number of hydrogen-bond acceptors (Lipinski definition) is 5. The highest BCUT2D eigenvalue weighted by Gasteiger charge is 2.17. The van der Waals surface area contributed by atoms with Crippen molar-refractivity contribution >= 4 is 23.2 Å². The largest absolute Gasteiger partial charge is 0.456 e. The number of nitro groups is 1. The van der Waals surface area contributed by atoms with Crippen LogP contribution in [-0.4, -0.2) is 30.1 Å². The fraction of sp³-hybridized carbons (Fsp3) is 0.278. The average molecular weight is 377 g/mol. The van der Waals surface area contributed by atoms with Gasteiger partial charge in [0.05, 0.1) is 16.0 Å². The van der Waals surface area contributed by atoms with Gasteiger partial charge in [0.25, 0.3) is 11.6 Å². The molecule has 0 unspecified atom stereocenters. The molecule has 1 aliphatic heterocycles. The molecule has 1 aliphatic rings. The minimum atomic E-state index is -0.528. The van der Waals surface area contributed by atoms with Crippen LogP contribution < -0.4 is 10.1 Å². The molecule has 0 aliphatic carbocycles. The molecule has 7 nitrogen and oxygen atoms in total. The van der Waals surface area contributed by atoms with Gasteiger partial charge in [0.2, 0.25) is 0 Å². The summed E-state index contributed by atoms with van der Waals surface area (Å²) in [5, 5.41) is 13.7. The fourth-order valence-corrected chi connectivity index (χ4v) is 2.81. The number of nitro benzene ring substituents is 1. The van der Waals surface area contributed by atoms with Crippen LogP contribution in [0.1, 0.15) is 23.2 Å². The molecule has 0 saturated carbocycles. The zero-order valence-electron chi connectivity index (χ0n) is 13.8. The smallest absolute Gasteiger partial charge is 0.271 e. The van der Waals surface area contributed by atoms with Gasteiger partial charge in [-0.2, -0.15) is 0 Å². The van der Waals surface area contributed by atoms with Crippen LogP contribution in [-0.2, 0) is 4.74 Å². The van der Waals surface area contributed by atoms with E-state index in [2.05, 4.69) is 5.32 Å². The lowest BCUT2D eigenvalue weighted by Gasteiger charge is -2.11. The molecule has 136 valence electrons. The Balaban J connectivity index is 1.60. The quantitative estimate of drug-likeness (QED) is 0.609. The van der Waals surface area contributed by atoms with Crippen molar-refractivity contribution in [2.45, 2.75) is 18.9 Å². The van der Waals surface area contributed by atoms with Crippen LogP contribution >= 0.6 is 11.6 Å². The Morgan fingerprint density at radius 3 is 2.69 bits per heavy atom. The molecule has 1 fully saturated rings. The molecule has 3 rings (SSSR count). The summed E-state index contributed by atoms with van der Waals surface area (Å²) in [5.74, 6) is 0.588. The van der Waals surface area contributed by atoms with E-state index in [-0.39, 0.29) is 22.7 Å². The van der Waals surface area contributed by atoms with Gasteiger partial charge in [0, 0.05) is 30.8 Å². The van der Waals surface area contributed by atoms with Gasteiger partial charge < -0.3 is 14.8 Å². The van der Waals surface area contributed by atoms with Crippen LogP contribution in [0, 0.1) is 10.1 Å². The van der Waals surface area contributed by atoms with Crippen LogP contribution in [0.5, 0.6) is 11.5 Å². The monoisotopic (exact) mass is 376 g/mol. The molecule has 1 heterocycles. The van der Waals surface area contributed by atoms with E-state index >= 15 is 0 Å². The highest BCUT2D eigenvalue weighted by atomic mass is 35.5. The lowest BCUT2D eigenvalue weighted by Crippen LogP contribution is -2.31. The molecule has 0 aromatic heterocycles. The fourth-order valence-electron chi connectivity index (χ4n) is 2.60. The molecular formula is C18H17ClN2O5. The van der Waals surface area contributed by atoms with Crippen molar-refractivity contribution in [2.24, 2.45) is 0 Å². The number of carbonyl (C=O) groups excluding carboxylic acids is 1. The third-order valence-electron chi connectivity index (χ3n) is 3.98. The minimum Gasteiger partial charge on any atom is -0.456 e. The first-order valence-corrected chi connectivity index (χ1v) is 8.52. The second-order valence-electron chi connectivity index (χ2n) is 5.84. The van der Waals surface area contributed by atoms with E-state index in [1.54, 1.807) is 24.3 Å². The van der Waals surface area contributed by atoms with Crippen LogP contribution in [0.4, 0.5) is 5.69 Å². The van der Waals surface area contributed by atoms with Crippen molar-refractivity contribution in [1.82, 2.24) is 5.32 Å². The van der Waals surface area contributed by atoms with Gasteiger partial charge in [0.1, 0.15) is 11.5 Å². The van der Waals surface area contributed by atoms with Crippen molar-refractivity contribution in [2.75, 3.05) is 13.2 Å². The van der Waals surface area contributed by atoms with Gasteiger partial charge in [-0.25, -0.2) is 0 Å². The van der Waals surface area contributed by atoms with Gasteiger partial charge in [-0.05, 0) is 43.2 Å². The summed E-state index contributed by atoms with van der Waals surface area (Å²) in [7, 11) is 0. The molecule has 1 atom stereocenters. The Kier molecular flexibility index (Phi) is 5.70. The van der Waals surface area contributed by atoms with E-state index in [1.165, 1.54) is 18.2 Å². The van der Waals surface area contributed by atoms with E-state index in [0.29, 0.717) is 23.6 Å². The van der Waals surface area contributed by atoms with E-state index in [4.69, 9.17) is 21.1 Å². The first kappa shape index (κ1) is 18.2. The number of nitrogens with zero attached hydrogens (tertiary/aromatic N) is 1. The molecule has 26 heavy (non-hydrogen) atoms. The minimum absolute atomic E-state index is 0.0887. The Labute approximate surface area is 155 Å². The number of rotatable bonds is 6. The molecule has 2 aromatic rings. The Morgan fingerprint density at radius 2 is 2.08 bits per heavy atom. The normalized spacial score (nSPS) is 16.3. The molecule has 1 saturated heterocycles. The summed E-state index contributed by atoms with van der Waals surface area (Å²) >= 11 is 6.00. The average Bonchev–Trinajstić information content (AvgIpc) is 3.15. The summed E-state index contributed by atoms with van der Waals surface area (Å²) in [5.41, 5.74) is 0.394. The number of carbonyl (C=O) groups is 1. The van der Waals surface area contributed by atoms with Crippen molar-refractivity contribution in [3.05, 3.63) is 63.2 Å². The van der Waals surface area contributed by atoms with Gasteiger partial charge in [0.15, 0.2) is 0 Å². The van der Waals surface area contributed by atoms with Gasteiger partial charge in [-0.1, -0.05) is 11.6 Å². The maximum absolute atomic E-state index is 12.1. The predicted octanol–water partition coefficient (Wildman–Crippen LogP) is 3.95. The van der Waals surface area contributed by atoms with Crippen LogP contribution in [0.25, 0.3) is 0 Å². The van der Waals surface area contributed by atoms with Crippen molar-refractivity contribution in [3.8, 4) is 11.5 Å². The summed E-state index contributed by atoms with van der Waals surface area (Å²) in [4.78, 5) is 22.3. The SMILES string of the molecule is O=C(NC[C@@H]1CCCO1)c1ccc(Oc2ccc([N+](=O)[O-])cc2Cl)cc1. The lowest BCUT2D eigenvalue weighted by molar-refractivity contribution is -0.384. The zero-order chi connectivity index (χ0) is 18.5. The Bertz CT molecular complexity index is 804. The second-order valence-corrected chi connectivity index (χ2v) is 6.25. The second kappa shape index (κ2) is 8.16. The van der Waals surface area contributed by atoms with Crippen molar-refractivity contribution in [3.63, 3.8) is 0 Å². The number of amides is 1. The molecule has 8 heteroatoms. The highest BCUT2D eigenvalue weighted by molar-refractivity contribution is 6.32. The predicted molar refractivity (Wildman–Crippen MR) is 95.9 cm³/mol. The Morgan fingerprint density at radius 1 is 1.31 bits per heavy atom. The highest BCUT2D eigenvalue weighted by Crippen LogP contribution is 2.32. The number of halogens is 1. The maximum atomic E-state index is 12.1. The number of hydrogen-bond donors (Lipinski definition) is 1. The van der Waals surface area contributed by atoms with Gasteiger partial charge in [-0.15, -0.1) is 0 Å². The van der Waals surface area contributed by atoms with E-state index in [1.807, 2.05) is 0 Å². The van der Waals surface area contributed by atoms with E-state index < -0.39 is 4.92 Å². The molecule has 2 aromatic carbocycles. The third kappa shape index (κ3) is 4.50. The topological polar surface area (TPSA) is 90.7 Å². The van der Waals surface area contributed by atoms with Crippen LogP contribution in [0.3, 0.4) is 0 Å². The summed E-state index contributed by atoms with van der Waals surface area (Å²) in [6.07, 6.45) is 2.08. The molecule has 0 radical (unpaired) electrons. The summed E-state index contributed by atoms with van der Waals surface area (Å²) < 4.78 is 11.1. The number of benzene rings is 2.